The summed E-state index contributed by atoms with van der Waals surface area (Å²) < 4.78 is 0. The molecule has 2 radical (unpaired) electrons. The van der Waals surface area contributed by atoms with Gasteiger partial charge in [0.05, 0.1) is 9.52 Å². The number of benzene rings is 3. The molecule has 3 rings (SSSR count). The summed E-state index contributed by atoms with van der Waals surface area (Å²) in [4.78, 5) is 2.35. The first-order chi connectivity index (χ1) is 10.9. The van der Waals surface area contributed by atoms with E-state index >= 15 is 0 Å². The molecular weight excluding hydrogens is 282 g/mol. The van der Waals surface area contributed by atoms with E-state index in [1.54, 1.807) is 0 Å². The Morgan fingerprint density at radius 2 is 1.18 bits per heavy atom. The molecule has 0 atom stereocenters. The number of para-hydroxylation sites is 3. The van der Waals surface area contributed by atoms with E-state index in [1.807, 2.05) is 0 Å². The van der Waals surface area contributed by atoms with Gasteiger partial charge in [0.15, 0.2) is 0 Å². The van der Waals surface area contributed by atoms with Crippen LogP contribution in [0.2, 0.25) is 6.04 Å². The second-order valence-corrected chi connectivity index (χ2v) is 6.65. The molecule has 0 N–H and O–H groups in total. The first-order valence-electron chi connectivity index (χ1n) is 7.63. The maximum Gasteiger partial charge on any atom is 0.0834 e. The monoisotopic (exact) mass is 301 g/mol. The summed E-state index contributed by atoms with van der Waals surface area (Å²) in [7, 11) is 0.827. The molecule has 0 aliphatic rings. The zero-order valence-electron chi connectivity index (χ0n) is 12.7. The van der Waals surface area contributed by atoms with Crippen LogP contribution in [0, 0.1) is 0 Å². The third-order valence-corrected chi connectivity index (χ3v) is 4.70. The van der Waals surface area contributed by atoms with Crippen molar-refractivity contribution in [1.82, 2.24) is 0 Å². The normalized spacial score (nSPS) is 10.4. The molecule has 3 aromatic carbocycles. The van der Waals surface area contributed by atoms with Crippen LogP contribution in [0.4, 0.5) is 17.1 Å². The van der Waals surface area contributed by atoms with Crippen LogP contribution in [0.5, 0.6) is 0 Å². The highest BCUT2D eigenvalue weighted by atomic mass is 28.2. The van der Waals surface area contributed by atoms with Crippen LogP contribution >= 0.6 is 0 Å². The summed E-state index contributed by atoms with van der Waals surface area (Å²) in [5.41, 5.74) is 3.67. The Balaban J connectivity index is 2.15. The van der Waals surface area contributed by atoms with E-state index in [0.29, 0.717) is 0 Å². The van der Waals surface area contributed by atoms with Crippen LogP contribution in [0.3, 0.4) is 0 Å². The third kappa shape index (κ3) is 3.12. The Kier molecular flexibility index (Phi) is 4.71. The molecule has 0 unspecified atom stereocenters. The fourth-order valence-electron chi connectivity index (χ4n) is 2.59. The molecule has 0 aliphatic carbocycles. The van der Waals surface area contributed by atoms with Gasteiger partial charge in [-0.1, -0.05) is 67.6 Å². The van der Waals surface area contributed by atoms with Gasteiger partial charge in [0.25, 0.3) is 0 Å². The van der Waals surface area contributed by atoms with Gasteiger partial charge in [-0.05, 0) is 35.5 Å². The molecule has 0 amide bonds. The van der Waals surface area contributed by atoms with E-state index in [9.17, 15) is 0 Å². The van der Waals surface area contributed by atoms with Crippen molar-refractivity contribution >= 4 is 31.8 Å². The Hall–Kier alpha value is -2.32. The Bertz CT molecular complexity index is 671. The molecule has 1 nitrogen and oxygen atoms in total. The van der Waals surface area contributed by atoms with Crippen molar-refractivity contribution in [1.29, 1.82) is 0 Å². The van der Waals surface area contributed by atoms with Gasteiger partial charge in [-0.3, -0.25) is 0 Å². The second kappa shape index (κ2) is 7.10. The van der Waals surface area contributed by atoms with E-state index in [1.165, 1.54) is 28.3 Å². The summed E-state index contributed by atoms with van der Waals surface area (Å²) in [6, 6.07) is 31.1. The first kappa shape index (κ1) is 14.6. The average molecular weight is 301 g/mol. The van der Waals surface area contributed by atoms with Crippen LogP contribution in [0.25, 0.3) is 0 Å². The van der Waals surface area contributed by atoms with Gasteiger partial charge in [0.2, 0.25) is 0 Å². The molecule has 2 heteroatoms. The summed E-state index contributed by atoms with van der Waals surface area (Å²) in [5, 5.41) is 1.41. The quantitative estimate of drug-likeness (QED) is 0.604. The molecule has 0 spiro atoms. The Morgan fingerprint density at radius 3 is 1.73 bits per heavy atom. The predicted octanol–water partition coefficient (Wildman–Crippen LogP) is 4.92. The lowest BCUT2D eigenvalue weighted by Gasteiger charge is -2.27. The molecule has 0 aromatic heterocycles. The van der Waals surface area contributed by atoms with Gasteiger partial charge < -0.3 is 4.90 Å². The van der Waals surface area contributed by atoms with E-state index in [0.717, 1.165) is 9.52 Å². The number of hydrogen-bond donors (Lipinski definition) is 0. The Morgan fingerprint density at radius 1 is 0.682 bits per heavy atom. The maximum absolute atomic E-state index is 2.35. The first-order valence-corrected chi connectivity index (χ1v) is 8.84. The molecular formula is C20H19NSi. The van der Waals surface area contributed by atoms with Crippen molar-refractivity contribution in [3.05, 3.63) is 84.9 Å². The van der Waals surface area contributed by atoms with Gasteiger partial charge in [-0.15, -0.1) is 0 Å². The minimum absolute atomic E-state index is 0.827. The van der Waals surface area contributed by atoms with Crippen LogP contribution < -0.4 is 10.1 Å². The summed E-state index contributed by atoms with van der Waals surface area (Å²) in [6.07, 6.45) is 0. The third-order valence-electron chi connectivity index (χ3n) is 3.54. The SMILES string of the molecule is CC[Si]c1ccccc1N(c1ccccc1)c1ccccc1. The van der Waals surface area contributed by atoms with Crippen molar-refractivity contribution < 1.29 is 0 Å². The smallest absolute Gasteiger partial charge is 0.0834 e. The minimum atomic E-state index is 0.827. The van der Waals surface area contributed by atoms with Crippen molar-refractivity contribution in [3.8, 4) is 0 Å². The second-order valence-electron chi connectivity index (χ2n) is 5.05. The van der Waals surface area contributed by atoms with E-state index in [4.69, 9.17) is 0 Å². The summed E-state index contributed by atoms with van der Waals surface area (Å²) in [5.74, 6) is 0. The van der Waals surface area contributed by atoms with Gasteiger partial charge >= 0.3 is 0 Å². The number of rotatable bonds is 5. The lowest BCUT2D eigenvalue weighted by molar-refractivity contribution is 1.29. The topological polar surface area (TPSA) is 3.24 Å². The zero-order valence-corrected chi connectivity index (χ0v) is 13.7. The highest BCUT2D eigenvalue weighted by Gasteiger charge is 2.14. The highest BCUT2D eigenvalue weighted by molar-refractivity contribution is 6.55. The van der Waals surface area contributed by atoms with Gasteiger partial charge in [-0.2, -0.15) is 0 Å². The van der Waals surface area contributed by atoms with Crippen molar-refractivity contribution in [2.75, 3.05) is 4.90 Å². The molecule has 0 heterocycles. The van der Waals surface area contributed by atoms with Gasteiger partial charge in [0, 0.05) is 17.1 Å². The molecule has 0 bridgehead atoms. The minimum Gasteiger partial charge on any atom is -0.311 e. The molecule has 0 saturated carbocycles. The molecule has 0 saturated heterocycles. The van der Waals surface area contributed by atoms with Gasteiger partial charge in [-0.25, -0.2) is 0 Å². The fourth-order valence-corrected chi connectivity index (χ4v) is 3.56. The molecule has 22 heavy (non-hydrogen) atoms. The largest absolute Gasteiger partial charge is 0.311 e. The lowest BCUT2D eigenvalue weighted by Crippen LogP contribution is -2.23. The van der Waals surface area contributed by atoms with E-state index < -0.39 is 0 Å². The van der Waals surface area contributed by atoms with Crippen LogP contribution in [0.15, 0.2) is 84.9 Å². The molecule has 0 fully saturated rings. The zero-order chi connectivity index (χ0) is 15.2. The van der Waals surface area contributed by atoms with Gasteiger partial charge in [0.1, 0.15) is 0 Å². The molecule has 3 aromatic rings. The van der Waals surface area contributed by atoms with E-state index in [2.05, 4.69) is 96.8 Å². The highest BCUT2D eigenvalue weighted by Crippen LogP contribution is 2.32. The lowest BCUT2D eigenvalue weighted by atomic mass is 10.2. The van der Waals surface area contributed by atoms with Crippen LogP contribution in [0.1, 0.15) is 6.92 Å². The standard InChI is InChI=1S/C20H19NSi/c1-2-22-20-16-10-9-15-19(20)21(17-11-5-3-6-12-17)18-13-7-4-8-14-18/h3-16H,2H2,1H3. The number of anilines is 3. The van der Waals surface area contributed by atoms with Crippen molar-refractivity contribution in [2.24, 2.45) is 0 Å². The average Bonchev–Trinajstić information content (AvgIpc) is 2.59. The van der Waals surface area contributed by atoms with Crippen LogP contribution in [-0.2, 0) is 0 Å². The summed E-state index contributed by atoms with van der Waals surface area (Å²) >= 11 is 0. The maximum atomic E-state index is 2.35. The summed E-state index contributed by atoms with van der Waals surface area (Å²) in [6.45, 7) is 2.24. The van der Waals surface area contributed by atoms with Crippen molar-refractivity contribution in [2.45, 2.75) is 13.0 Å². The van der Waals surface area contributed by atoms with Crippen molar-refractivity contribution in [3.63, 3.8) is 0 Å². The van der Waals surface area contributed by atoms with Crippen LogP contribution in [-0.4, -0.2) is 9.52 Å². The Labute approximate surface area is 135 Å². The number of hydrogen-bond acceptors (Lipinski definition) is 1. The fraction of sp³-hybridized carbons (Fsp3) is 0.100. The van der Waals surface area contributed by atoms with E-state index in [-0.39, 0.29) is 0 Å². The number of nitrogens with zero attached hydrogens (tertiary/aromatic N) is 1. The predicted molar refractivity (Wildman–Crippen MR) is 97.0 cm³/mol. The molecule has 0 aliphatic heterocycles. The molecule has 108 valence electrons.